The second kappa shape index (κ2) is 5.71. The second-order valence-corrected chi connectivity index (χ2v) is 4.63. The standard InChI is InChI=1S/C14H14ClN3O/c1-9(10-4-2-5-11(15)8-10)18-14(19)13-12(16)6-3-7-17-13/h2-9H,16H2,1H3,(H,18,19)/t9-/m1/s1. The van der Waals surface area contributed by atoms with E-state index in [1.165, 1.54) is 6.20 Å². The fourth-order valence-corrected chi connectivity index (χ4v) is 1.93. The largest absolute Gasteiger partial charge is 0.397 e. The molecule has 1 aromatic carbocycles. The number of nitrogens with zero attached hydrogens (tertiary/aromatic N) is 1. The SMILES string of the molecule is C[C@@H](NC(=O)c1ncccc1N)c1cccc(Cl)c1. The Bertz CT molecular complexity index is 601. The molecule has 98 valence electrons. The molecule has 0 bridgehead atoms. The van der Waals surface area contributed by atoms with E-state index in [2.05, 4.69) is 10.3 Å². The smallest absolute Gasteiger partial charge is 0.272 e. The molecule has 0 spiro atoms. The Morgan fingerprint density at radius 3 is 2.84 bits per heavy atom. The van der Waals surface area contributed by atoms with Crippen molar-refractivity contribution in [2.24, 2.45) is 0 Å². The van der Waals surface area contributed by atoms with Gasteiger partial charge in [0.15, 0.2) is 5.69 Å². The summed E-state index contributed by atoms with van der Waals surface area (Å²) in [6.07, 6.45) is 1.54. The maximum Gasteiger partial charge on any atom is 0.272 e. The van der Waals surface area contributed by atoms with E-state index in [1.54, 1.807) is 18.2 Å². The highest BCUT2D eigenvalue weighted by Crippen LogP contribution is 2.18. The third-order valence-corrected chi connectivity index (χ3v) is 2.99. The van der Waals surface area contributed by atoms with Gasteiger partial charge in [-0.15, -0.1) is 0 Å². The van der Waals surface area contributed by atoms with E-state index in [-0.39, 0.29) is 17.6 Å². The van der Waals surface area contributed by atoms with Crippen LogP contribution in [0.2, 0.25) is 5.02 Å². The summed E-state index contributed by atoms with van der Waals surface area (Å²) in [6.45, 7) is 1.88. The van der Waals surface area contributed by atoms with Crippen LogP contribution in [-0.2, 0) is 0 Å². The lowest BCUT2D eigenvalue weighted by atomic mass is 10.1. The van der Waals surface area contributed by atoms with Gasteiger partial charge in [-0.25, -0.2) is 4.98 Å². The minimum absolute atomic E-state index is 0.174. The Labute approximate surface area is 116 Å². The average molecular weight is 276 g/mol. The lowest BCUT2D eigenvalue weighted by Gasteiger charge is -2.14. The number of rotatable bonds is 3. The first-order valence-electron chi connectivity index (χ1n) is 5.84. The maximum atomic E-state index is 12.0. The fraction of sp³-hybridized carbons (Fsp3) is 0.143. The number of nitrogens with two attached hydrogens (primary N) is 1. The Balaban J connectivity index is 2.13. The molecule has 0 aliphatic carbocycles. The molecular weight excluding hydrogens is 262 g/mol. The van der Waals surface area contributed by atoms with E-state index < -0.39 is 0 Å². The second-order valence-electron chi connectivity index (χ2n) is 4.19. The molecule has 0 fully saturated rings. The lowest BCUT2D eigenvalue weighted by Crippen LogP contribution is -2.28. The number of amides is 1. The zero-order valence-electron chi connectivity index (χ0n) is 10.4. The Morgan fingerprint density at radius 1 is 1.37 bits per heavy atom. The van der Waals surface area contributed by atoms with Crippen molar-refractivity contribution in [3.8, 4) is 0 Å². The molecule has 2 aromatic rings. The molecule has 0 saturated carbocycles. The summed E-state index contributed by atoms with van der Waals surface area (Å²) in [6, 6.07) is 10.5. The molecule has 2 rings (SSSR count). The van der Waals surface area contributed by atoms with Crippen LogP contribution >= 0.6 is 11.6 Å². The monoisotopic (exact) mass is 275 g/mol. The summed E-state index contributed by atoms with van der Waals surface area (Å²) < 4.78 is 0. The van der Waals surface area contributed by atoms with Crippen LogP contribution < -0.4 is 11.1 Å². The zero-order chi connectivity index (χ0) is 13.8. The first-order chi connectivity index (χ1) is 9.08. The molecule has 1 heterocycles. The van der Waals surface area contributed by atoms with Crippen molar-refractivity contribution in [3.63, 3.8) is 0 Å². The first-order valence-corrected chi connectivity index (χ1v) is 6.22. The molecule has 1 amide bonds. The van der Waals surface area contributed by atoms with Crippen LogP contribution in [-0.4, -0.2) is 10.9 Å². The third kappa shape index (κ3) is 3.23. The topological polar surface area (TPSA) is 68.0 Å². The minimum atomic E-state index is -0.300. The Morgan fingerprint density at radius 2 is 2.16 bits per heavy atom. The van der Waals surface area contributed by atoms with Crippen molar-refractivity contribution in [3.05, 3.63) is 58.9 Å². The molecule has 4 nitrogen and oxygen atoms in total. The summed E-state index contributed by atoms with van der Waals surface area (Å²) in [7, 11) is 0. The zero-order valence-corrected chi connectivity index (χ0v) is 11.2. The number of nitrogen functional groups attached to an aromatic ring is 1. The van der Waals surface area contributed by atoms with Crippen LogP contribution in [0.15, 0.2) is 42.6 Å². The molecule has 3 N–H and O–H groups in total. The third-order valence-electron chi connectivity index (χ3n) is 2.75. The highest BCUT2D eigenvalue weighted by Gasteiger charge is 2.14. The van der Waals surface area contributed by atoms with Crippen molar-refractivity contribution in [2.45, 2.75) is 13.0 Å². The number of anilines is 1. The summed E-state index contributed by atoms with van der Waals surface area (Å²) in [5, 5.41) is 3.48. The highest BCUT2D eigenvalue weighted by atomic mass is 35.5. The van der Waals surface area contributed by atoms with Crippen LogP contribution in [0, 0.1) is 0 Å². The van der Waals surface area contributed by atoms with E-state index in [0.717, 1.165) is 5.56 Å². The van der Waals surface area contributed by atoms with Crippen molar-refractivity contribution in [1.29, 1.82) is 0 Å². The molecule has 1 aromatic heterocycles. The van der Waals surface area contributed by atoms with E-state index in [9.17, 15) is 4.79 Å². The van der Waals surface area contributed by atoms with Gasteiger partial charge in [0.05, 0.1) is 11.7 Å². The van der Waals surface area contributed by atoms with Crippen LogP contribution in [0.5, 0.6) is 0 Å². The molecular formula is C14H14ClN3O. The summed E-state index contributed by atoms with van der Waals surface area (Å²) in [5.41, 5.74) is 7.23. The van der Waals surface area contributed by atoms with Crippen molar-refractivity contribution >= 4 is 23.2 Å². The fourth-order valence-electron chi connectivity index (χ4n) is 1.73. The molecule has 0 aliphatic rings. The van der Waals surface area contributed by atoms with Gasteiger partial charge < -0.3 is 11.1 Å². The number of benzene rings is 1. The van der Waals surface area contributed by atoms with Crippen molar-refractivity contribution < 1.29 is 4.79 Å². The van der Waals surface area contributed by atoms with Gasteiger partial charge in [-0.2, -0.15) is 0 Å². The van der Waals surface area contributed by atoms with Crippen LogP contribution in [0.4, 0.5) is 5.69 Å². The van der Waals surface area contributed by atoms with Gasteiger partial charge in [0.25, 0.3) is 5.91 Å². The van der Waals surface area contributed by atoms with E-state index >= 15 is 0 Å². The number of carbonyl (C=O) groups is 1. The highest BCUT2D eigenvalue weighted by molar-refractivity contribution is 6.30. The Kier molecular flexibility index (Phi) is 4.02. The number of pyridine rings is 1. The molecule has 0 saturated heterocycles. The van der Waals surface area contributed by atoms with E-state index in [1.807, 2.05) is 25.1 Å². The Hall–Kier alpha value is -2.07. The summed E-state index contributed by atoms with van der Waals surface area (Å²) in [4.78, 5) is 16.0. The number of carbonyl (C=O) groups excluding carboxylic acids is 1. The normalized spacial score (nSPS) is 11.9. The van der Waals surface area contributed by atoms with E-state index in [4.69, 9.17) is 17.3 Å². The molecule has 0 aliphatic heterocycles. The lowest BCUT2D eigenvalue weighted by molar-refractivity contribution is 0.0936. The van der Waals surface area contributed by atoms with Gasteiger partial charge in [0, 0.05) is 11.2 Å². The van der Waals surface area contributed by atoms with Gasteiger partial charge in [-0.1, -0.05) is 23.7 Å². The number of halogens is 1. The molecule has 5 heteroatoms. The minimum Gasteiger partial charge on any atom is -0.397 e. The molecule has 19 heavy (non-hydrogen) atoms. The van der Waals surface area contributed by atoms with Gasteiger partial charge in [0.1, 0.15) is 0 Å². The quantitative estimate of drug-likeness (QED) is 0.905. The van der Waals surface area contributed by atoms with Crippen molar-refractivity contribution in [2.75, 3.05) is 5.73 Å². The van der Waals surface area contributed by atoms with Crippen LogP contribution in [0.1, 0.15) is 29.0 Å². The van der Waals surface area contributed by atoms with Crippen LogP contribution in [0.3, 0.4) is 0 Å². The molecule has 0 unspecified atom stereocenters. The first kappa shape index (κ1) is 13.4. The van der Waals surface area contributed by atoms with Gasteiger partial charge in [-0.3, -0.25) is 4.79 Å². The predicted octanol–water partition coefficient (Wildman–Crippen LogP) is 2.81. The number of nitrogens with one attached hydrogen (secondary N) is 1. The number of aromatic nitrogens is 1. The average Bonchev–Trinajstić information content (AvgIpc) is 2.39. The van der Waals surface area contributed by atoms with Gasteiger partial charge in [0.2, 0.25) is 0 Å². The summed E-state index contributed by atoms with van der Waals surface area (Å²) >= 11 is 5.92. The van der Waals surface area contributed by atoms with Crippen LogP contribution in [0.25, 0.3) is 0 Å². The molecule has 1 atom stereocenters. The maximum absolute atomic E-state index is 12.0. The molecule has 0 radical (unpaired) electrons. The van der Waals surface area contributed by atoms with Gasteiger partial charge in [-0.05, 0) is 36.8 Å². The van der Waals surface area contributed by atoms with E-state index in [0.29, 0.717) is 10.7 Å². The van der Waals surface area contributed by atoms with Crippen molar-refractivity contribution in [1.82, 2.24) is 10.3 Å². The number of hydrogen-bond donors (Lipinski definition) is 2. The van der Waals surface area contributed by atoms with Gasteiger partial charge >= 0.3 is 0 Å². The predicted molar refractivity (Wildman–Crippen MR) is 76.0 cm³/mol. The summed E-state index contributed by atoms with van der Waals surface area (Å²) in [5.74, 6) is -0.300. The number of hydrogen-bond acceptors (Lipinski definition) is 3.